The Kier molecular flexibility index (Phi) is 5.78. The van der Waals surface area contributed by atoms with Crippen molar-refractivity contribution in [3.8, 4) is 11.5 Å². The van der Waals surface area contributed by atoms with Gasteiger partial charge in [-0.25, -0.2) is 0 Å². The fourth-order valence-corrected chi connectivity index (χ4v) is 2.24. The standard InChI is InChI=1S/C16H15ClN2O3S/c1-21-13-6-10(7-14(9-13)22-2)15(20)19-16(23)18-12-5-3-4-11(17)8-12/h3-9H,1-2H3,(H2,18,19,20,23). The molecule has 0 atom stereocenters. The summed E-state index contributed by atoms with van der Waals surface area (Å²) in [6, 6.07) is 11.9. The van der Waals surface area contributed by atoms with Gasteiger partial charge < -0.3 is 14.8 Å². The number of hydrogen-bond acceptors (Lipinski definition) is 4. The van der Waals surface area contributed by atoms with Gasteiger partial charge in [-0.2, -0.15) is 0 Å². The van der Waals surface area contributed by atoms with Crippen LogP contribution in [0.15, 0.2) is 42.5 Å². The van der Waals surface area contributed by atoms with E-state index in [-0.39, 0.29) is 11.0 Å². The predicted octanol–water partition coefficient (Wildman–Crippen LogP) is 3.48. The topological polar surface area (TPSA) is 59.6 Å². The summed E-state index contributed by atoms with van der Waals surface area (Å²) in [7, 11) is 3.03. The van der Waals surface area contributed by atoms with Gasteiger partial charge in [-0.1, -0.05) is 17.7 Å². The zero-order valence-electron chi connectivity index (χ0n) is 12.6. The van der Waals surface area contributed by atoms with Crippen LogP contribution in [-0.2, 0) is 0 Å². The van der Waals surface area contributed by atoms with E-state index in [4.69, 9.17) is 33.3 Å². The molecule has 2 rings (SSSR count). The number of hydrogen-bond donors (Lipinski definition) is 2. The summed E-state index contributed by atoms with van der Waals surface area (Å²) in [5, 5.41) is 6.22. The molecule has 0 fully saturated rings. The molecule has 2 aromatic rings. The number of nitrogens with one attached hydrogen (secondary N) is 2. The van der Waals surface area contributed by atoms with Crippen molar-refractivity contribution in [1.29, 1.82) is 0 Å². The number of halogens is 1. The number of thiocarbonyl (C=S) groups is 1. The Bertz CT molecular complexity index is 715. The minimum absolute atomic E-state index is 0.166. The molecule has 0 saturated carbocycles. The third-order valence-corrected chi connectivity index (χ3v) is 3.36. The highest BCUT2D eigenvalue weighted by molar-refractivity contribution is 7.80. The minimum Gasteiger partial charge on any atom is -0.497 e. The summed E-state index contributed by atoms with van der Waals surface area (Å²) in [5.74, 6) is 0.660. The van der Waals surface area contributed by atoms with Gasteiger partial charge in [0.2, 0.25) is 0 Å². The van der Waals surface area contributed by atoms with E-state index in [0.717, 1.165) is 0 Å². The Morgan fingerprint density at radius 2 is 1.74 bits per heavy atom. The SMILES string of the molecule is COc1cc(OC)cc(C(=O)NC(=S)Nc2cccc(Cl)c2)c1. The van der Waals surface area contributed by atoms with E-state index in [9.17, 15) is 4.79 Å². The van der Waals surface area contributed by atoms with E-state index in [2.05, 4.69) is 10.6 Å². The summed E-state index contributed by atoms with van der Waals surface area (Å²) in [6.07, 6.45) is 0. The summed E-state index contributed by atoms with van der Waals surface area (Å²) in [4.78, 5) is 12.3. The number of ether oxygens (including phenoxy) is 2. The van der Waals surface area contributed by atoms with E-state index >= 15 is 0 Å². The maximum Gasteiger partial charge on any atom is 0.257 e. The molecule has 0 bridgehead atoms. The highest BCUT2D eigenvalue weighted by atomic mass is 35.5. The van der Waals surface area contributed by atoms with Crippen LogP contribution in [-0.4, -0.2) is 25.2 Å². The normalized spacial score (nSPS) is 9.87. The largest absolute Gasteiger partial charge is 0.497 e. The van der Waals surface area contributed by atoms with Gasteiger partial charge in [0.1, 0.15) is 11.5 Å². The first-order valence-electron chi connectivity index (χ1n) is 6.63. The molecule has 7 heteroatoms. The number of methoxy groups -OCH3 is 2. The zero-order valence-corrected chi connectivity index (χ0v) is 14.1. The number of carbonyl (C=O) groups excluding carboxylic acids is 1. The Morgan fingerprint density at radius 3 is 2.30 bits per heavy atom. The van der Waals surface area contributed by atoms with Crippen molar-refractivity contribution in [2.24, 2.45) is 0 Å². The number of anilines is 1. The van der Waals surface area contributed by atoms with Crippen molar-refractivity contribution < 1.29 is 14.3 Å². The van der Waals surface area contributed by atoms with Crippen molar-refractivity contribution in [1.82, 2.24) is 5.32 Å². The van der Waals surface area contributed by atoms with Crippen LogP contribution in [0, 0.1) is 0 Å². The van der Waals surface area contributed by atoms with Crippen LogP contribution in [0.4, 0.5) is 5.69 Å². The molecule has 120 valence electrons. The van der Waals surface area contributed by atoms with Crippen molar-refractivity contribution in [3.05, 3.63) is 53.1 Å². The van der Waals surface area contributed by atoms with Crippen molar-refractivity contribution >= 4 is 40.5 Å². The molecular formula is C16H15ClN2O3S. The molecule has 0 unspecified atom stereocenters. The highest BCUT2D eigenvalue weighted by Gasteiger charge is 2.11. The zero-order chi connectivity index (χ0) is 16.8. The summed E-state index contributed by atoms with van der Waals surface area (Å²) in [5.41, 5.74) is 1.06. The lowest BCUT2D eigenvalue weighted by atomic mass is 10.2. The van der Waals surface area contributed by atoms with Crippen molar-refractivity contribution in [2.45, 2.75) is 0 Å². The van der Waals surface area contributed by atoms with Crippen LogP contribution in [0.3, 0.4) is 0 Å². The van der Waals surface area contributed by atoms with Gasteiger partial charge in [0, 0.05) is 22.3 Å². The fraction of sp³-hybridized carbons (Fsp3) is 0.125. The molecule has 2 aromatic carbocycles. The Labute approximate surface area is 144 Å². The molecule has 0 aliphatic carbocycles. The third-order valence-electron chi connectivity index (χ3n) is 2.92. The van der Waals surface area contributed by atoms with Crippen LogP contribution in [0.5, 0.6) is 11.5 Å². The van der Waals surface area contributed by atoms with E-state index in [1.54, 1.807) is 42.5 Å². The van der Waals surface area contributed by atoms with Gasteiger partial charge >= 0.3 is 0 Å². The molecule has 0 aliphatic rings. The van der Waals surface area contributed by atoms with Gasteiger partial charge in [0.25, 0.3) is 5.91 Å². The molecule has 5 nitrogen and oxygen atoms in total. The lowest BCUT2D eigenvalue weighted by molar-refractivity contribution is 0.0977. The van der Waals surface area contributed by atoms with Crippen LogP contribution >= 0.6 is 23.8 Å². The lowest BCUT2D eigenvalue weighted by Gasteiger charge is -2.11. The summed E-state index contributed by atoms with van der Waals surface area (Å²) < 4.78 is 10.3. The second-order valence-corrected chi connectivity index (χ2v) is 5.36. The number of benzene rings is 2. The highest BCUT2D eigenvalue weighted by Crippen LogP contribution is 2.22. The van der Waals surface area contributed by atoms with E-state index in [1.807, 2.05) is 0 Å². The fourth-order valence-electron chi connectivity index (χ4n) is 1.84. The van der Waals surface area contributed by atoms with Gasteiger partial charge in [-0.3, -0.25) is 10.1 Å². The van der Waals surface area contributed by atoms with Gasteiger partial charge in [0.15, 0.2) is 5.11 Å². The number of amides is 1. The Morgan fingerprint density at radius 1 is 1.09 bits per heavy atom. The van der Waals surface area contributed by atoms with Gasteiger partial charge in [-0.05, 0) is 42.5 Å². The summed E-state index contributed by atoms with van der Waals surface area (Å²) >= 11 is 11.0. The quantitative estimate of drug-likeness (QED) is 0.827. The molecule has 0 radical (unpaired) electrons. The first-order chi connectivity index (χ1) is 11.0. The number of rotatable bonds is 4. The van der Waals surface area contributed by atoms with Crippen LogP contribution < -0.4 is 20.1 Å². The predicted molar refractivity (Wildman–Crippen MR) is 94.7 cm³/mol. The van der Waals surface area contributed by atoms with Crippen LogP contribution in [0.2, 0.25) is 5.02 Å². The second-order valence-electron chi connectivity index (χ2n) is 4.52. The molecule has 0 spiro atoms. The molecule has 1 amide bonds. The maximum atomic E-state index is 12.3. The van der Waals surface area contributed by atoms with Crippen LogP contribution in [0.25, 0.3) is 0 Å². The molecule has 2 N–H and O–H groups in total. The minimum atomic E-state index is -0.373. The summed E-state index contributed by atoms with van der Waals surface area (Å²) in [6.45, 7) is 0. The molecule has 0 aliphatic heterocycles. The molecule has 0 aromatic heterocycles. The van der Waals surface area contributed by atoms with E-state index < -0.39 is 0 Å². The van der Waals surface area contributed by atoms with Crippen LogP contribution in [0.1, 0.15) is 10.4 Å². The van der Waals surface area contributed by atoms with Crippen molar-refractivity contribution in [2.75, 3.05) is 19.5 Å². The monoisotopic (exact) mass is 350 g/mol. The number of carbonyl (C=O) groups is 1. The first kappa shape index (κ1) is 17.1. The third kappa shape index (κ3) is 4.84. The average Bonchev–Trinajstić information content (AvgIpc) is 2.54. The van der Waals surface area contributed by atoms with Gasteiger partial charge in [-0.15, -0.1) is 0 Å². The average molecular weight is 351 g/mol. The molecule has 23 heavy (non-hydrogen) atoms. The van der Waals surface area contributed by atoms with Crippen molar-refractivity contribution in [3.63, 3.8) is 0 Å². The smallest absolute Gasteiger partial charge is 0.257 e. The van der Waals surface area contributed by atoms with E-state index in [1.165, 1.54) is 14.2 Å². The van der Waals surface area contributed by atoms with Gasteiger partial charge in [0.05, 0.1) is 14.2 Å². The Hall–Kier alpha value is -2.31. The lowest BCUT2D eigenvalue weighted by Crippen LogP contribution is -2.34. The van der Waals surface area contributed by atoms with E-state index in [0.29, 0.717) is 27.8 Å². The molecular weight excluding hydrogens is 336 g/mol. The first-order valence-corrected chi connectivity index (χ1v) is 7.41. The second kappa shape index (κ2) is 7.80. The maximum absolute atomic E-state index is 12.3. The Balaban J connectivity index is 2.07. The molecule has 0 heterocycles. The molecule has 0 saturated heterocycles.